The van der Waals surface area contributed by atoms with E-state index in [0.717, 1.165) is 30.8 Å². The molecule has 1 aromatic carbocycles. The lowest BCUT2D eigenvalue weighted by Crippen LogP contribution is -2.20. The Morgan fingerprint density at radius 1 is 1.28 bits per heavy atom. The molecule has 1 atom stereocenters. The molecule has 1 aromatic heterocycles. The molecule has 2 rings (SSSR count). The van der Waals surface area contributed by atoms with Crippen molar-refractivity contribution in [2.24, 2.45) is 0 Å². The Labute approximate surface area is 108 Å². The average molecular weight is 244 g/mol. The van der Waals surface area contributed by atoms with Gasteiger partial charge in [-0.05, 0) is 18.9 Å². The maximum atomic E-state index is 5.07. The van der Waals surface area contributed by atoms with Crippen LogP contribution in [-0.2, 0) is 6.54 Å². The van der Waals surface area contributed by atoms with E-state index in [-0.39, 0.29) is 0 Å². The Morgan fingerprint density at radius 3 is 2.67 bits per heavy atom. The zero-order chi connectivity index (χ0) is 12.8. The van der Waals surface area contributed by atoms with E-state index in [4.69, 9.17) is 4.52 Å². The first kappa shape index (κ1) is 12.8. The first-order chi connectivity index (χ1) is 8.79. The fourth-order valence-corrected chi connectivity index (χ4v) is 2.09. The second kappa shape index (κ2) is 6.36. The van der Waals surface area contributed by atoms with Crippen molar-refractivity contribution in [1.29, 1.82) is 0 Å². The molecule has 1 unspecified atom stereocenters. The molecular weight excluding hydrogens is 224 g/mol. The van der Waals surface area contributed by atoms with Gasteiger partial charge in [0.15, 0.2) is 0 Å². The monoisotopic (exact) mass is 244 g/mol. The predicted octanol–water partition coefficient (Wildman–Crippen LogP) is 3.61. The predicted molar refractivity (Wildman–Crippen MR) is 72.2 cm³/mol. The van der Waals surface area contributed by atoms with E-state index in [0.29, 0.717) is 6.04 Å². The van der Waals surface area contributed by atoms with Crippen molar-refractivity contribution in [3.63, 3.8) is 0 Å². The van der Waals surface area contributed by atoms with Crippen molar-refractivity contribution in [3.8, 4) is 0 Å². The van der Waals surface area contributed by atoms with Gasteiger partial charge in [0.05, 0.1) is 5.69 Å². The van der Waals surface area contributed by atoms with Crippen LogP contribution >= 0.6 is 0 Å². The van der Waals surface area contributed by atoms with Crippen LogP contribution in [0.4, 0.5) is 0 Å². The molecule has 0 saturated heterocycles. The molecule has 2 aromatic rings. The molecule has 0 saturated carbocycles. The molecule has 0 radical (unpaired) electrons. The summed E-state index contributed by atoms with van der Waals surface area (Å²) >= 11 is 0. The Hall–Kier alpha value is -1.61. The highest BCUT2D eigenvalue weighted by Crippen LogP contribution is 2.18. The largest absolute Gasteiger partial charge is 0.361 e. The van der Waals surface area contributed by atoms with Gasteiger partial charge in [-0.2, -0.15) is 0 Å². The molecule has 0 spiro atoms. The summed E-state index contributed by atoms with van der Waals surface area (Å²) in [6.45, 7) is 4.87. The van der Waals surface area contributed by atoms with Gasteiger partial charge >= 0.3 is 0 Å². The minimum absolute atomic E-state index is 0.383. The lowest BCUT2D eigenvalue weighted by molar-refractivity contribution is 0.384. The smallest absolute Gasteiger partial charge is 0.133 e. The van der Waals surface area contributed by atoms with Crippen LogP contribution in [0.1, 0.15) is 42.8 Å². The Kier molecular flexibility index (Phi) is 4.53. The molecule has 3 nitrogen and oxygen atoms in total. The highest BCUT2D eigenvalue weighted by Gasteiger charge is 2.10. The average Bonchev–Trinajstić information content (AvgIpc) is 2.81. The molecule has 0 amide bonds. The summed E-state index contributed by atoms with van der Waals surface area (Å²) in [6.07, 6.45) is 2.28. The van der Waals surface area contributed by atoms with E-state index < -0.39 is 0 Å². The third-order valence-corrected chi connectivity index (χ3v) is 2.99. The summed E-state index contributed by atoms with van der Waals surface area (Å²) in [4.78, 5) is 0. The minimum atomic E-state index is 0.383. The van der Waals surface area contributed by atoms with Gasteiger partial charge in [0.1, 0.15) is 5.76 Å². The quantitative estimate of drug-likeness (QED) is 0.843. The highest BCUT2D eigenvalue weighted by molar-refractivity contribution is 5.19. The van der Waals surface area contributed by atoms with Crippen LogP contribution in [0.3, 0.4) is 0 Å². The number of hydrogen-bond acceptors (Lipinski definition) is 3. The standard InChI is InChI=1S/C15H20N2O/c1-3-7-15(13-8-5-4-6-9-13)16-11-14-10-12(2)18-17-14/h4-6,8-10,15-16H,3,7,11H2,1-2H3. The normalized spacial score (nSPS) is 12.6. The first-order valence-corrected chi connectivity index (χ1v) is 6.50. The third kappa shape index (κ3) is 3.44. The van der Waals surface area contributed by atoms with Gasteiger partial charge < -0.3 is 9.84 Å². The summed E-state index contributed by atoms with van der Waals surface area (Å²) in [5.41, 5.74) is 2.30. The van der Waals surface area contributed by atoms with Crippen molar-refractivity contribution >= 4 is 0 Å². The van der Waals surface area contributed by atoms with E-state index in [1.54, 1.807) is 0 Å². The number of nitrogens with one attached hydrogen (secondary N) is 1. The lowest BCUT2D eigenvalue weighted by Gasteiger charge is -2.17. The van der Waals surface area contributed by atoms with Crippen LogP contribution < -0.4 is 5.32 Å². The molecule has 0 aliphatic heterocycles. The Bertz CT molecular complexity index is 464. The minimum Gasteiger partial charge on any atom is -0.361 e. The van der Waals surface area contributed by atoms with Crippen LogP contribution in [0.15, 0.2) is 40.9 Å². The van der Waals surface area contributed by atoms with Gasteiger partial charge in [0, 0.05) is 18.7 Å². The van der Waals surface area contributed by atoms with E-state index in [1.807, 2.05) is 19.1 Å². The molecular formula is C15H20N2O. The second-order valence-corrected chi connectivity index (χ2v) is 4.56. The van der Waals surface area contributed by atoms with Crippen molar-refractivity contribution < 1.29 is 4.52 Å². The maximum absolute atomic E-state index is 5.07. The van der Waals surface area contributed by atoms with Crippen LogP contribution in [0.25, 0.3) is 0 Å². The zero-order valence-electron chi connectivity index (χ0n) is 11.0. The molecule has 18 heavy (non-hydrogen) atoms. The molecule has 0 bridgehead atoms. The molecule has 0 aliphatic rings. The summed E-state index contributed by atoms with van der Waals surface area (Å²) in [6, 6.07) is 12.9. The Balaban J connectivity index is 1.98. The molecule has 0 fully saturated rings. The lowest BCUT2D eigenvalue weighted by atomic mass is 10.0. The molecule has 1 N–H and O–H groups in total. The number of benzene rings is 1. The van der Waals surface area contributed by atoms with Crippen molar-refractivity contribution in [3.05, 3.63) is 53.4 Å². The van der Waals surface area contributed by atoms with Gasteiger partial charge in [-0.3, -0.25) is 0 Å². The molecule has 3 heteroatoms. The van der Waals surface area contributed by atoms with Gasteiger partial charge in [0.25, 0.3) is 0 Å². The Morgan fingerprint density at radius 2 is 2.06 bits per heavy atom. The first-order valence-electron chi connectivity index (χ1n) is 6.50. The van der Waals surface area contributed by atoms with Crippen LogP contribution in [-0.4, -0.2) is 5.16 Å². The van der Waals surface area contributed by atoms with Gasteiger partial charge in [-0.15, -0.1) is 0 Å². The summed E-state index contributed by atoms with van der Waals surface area (Å²) in [7, 11) is 0. The van der Waals surface area contributed by atoms with Crippen molar-refractivity contribution in [2.45, 2.75) is 39.3 Å². The van der Waals surface area contributed by atoms with Crippen LogP contribution in [0.5, 0.6) is 0 Å². The topological polar surface area (TPSA) is 38.1 Å². The van der Waals surface area contributed by atoms with Crippen molar-refractivity contribution in [2.75, 3.05) is 0 Å². The van der Waals surface area contributed by atoms with Gasteiger partial charge in [-0.25, -0.2) is 0 Å². The molecule has 1 heterocycles. The summed E-state index contributed by atoms with van der Waals surface area (Å²) < 4.78 is 5.07. The number of hydrogen-bond donors (Lipinski definition) is 1. The molecule has 0 aliphatic carbocycles. The maximum Gasteiger partial charge on any atom is 0.133 e. The third-order valence-electron chi connectivity index (χ3n) is 2.99. The fourth-order valence-electron chi connectivity index (χ4n) is 2.09. The number of aryl methyl sites for hydroxylation is 1. The summed E-state index contributed by atoms with van der Waals surface area (Å²) in [5.74, 6) is 0.860. The number of aromatic nitrogens is 1. The van der Waals surface area contributed by atoms with E-state index in [9.17, 15) is 0 Å². The second-order valence-electron chi connectivity index (χ2n) is 4.56. The van der Waals surface area contributed by atoms with Crippen molar-refractivity contribution in [1.82, 2.24) is 10.5 Å². The number of rotatable bonds is 6. The number of nitrogens with zero attached hydrogens (tertiary/aromatic N) is 1. The SMILES string of the molecule is CCCC(NCc1cc(C)on1)c1ccccc1. The van der Waals surface area contributed by atoms with E-state index in [2.05, 4.69) is 41.7 Å². The van der Waals surface area contributed by atoms with Crippen LogP contribution in [0.2, 0.25) is 0 Å². The van der Waals surface area contributed by atoms with E-state index in [1.165, 1.54) is 5.56 Å². The highest BCUT2D eigenvalue weighted by atomic mass is 16.5. The van der Waals surface area contributed by atoms with Gasteiger partial charge in [0.2, 0.25) is 0 Å². The zero-order valence-corrected chi connectivity index (χ0v) is 11.0. The summed E-state index contributed by atoms with van der Waals surface area (Å²) in [5, 5.41) is 7.55. The fraction of sp³-hybridized carbons (Fsp3) is 0.400. The van der Waals surface area contributed by atoms with Gasteiger partial charge in [-0.1, -0.05) is 48.8 Å². The van der Waals surface area contributed by atoms with E-state index >= 15 is 0 Å². The molecule has 96 valence electrons. The van der Waals surface area contributed by atoms with Crippen LogP contribution in [0, 0.1) is 6.92 Å².